The molecule has 158 valence electrons. The van der Waals surface area contributed by atoms with Gasteiger partial charge in [-0.05, 0) is 44.9 Å². The predicted molar refractivity (Wildman–Crippen MR) is 120 cm³/mol. The molecule has 2 heterocycles. The Morgan fingerprint density at radius 2 is 2.00 bits per heavy atom. The zero-order chi connectivity index (χ0) is 22.2. The van der Waals surface area contributed by atoms with Gasteiger partial charge >= 0.3 is 0 Å². The van der Waals surface area contributed by atoms with Crippen LogP contribution < -0.4 is 10.7 Å². The largest absolute Gasteiger partial charge is 0.385 e. The number of pyridine rings is 2. The molecular formula is C25H25N3O3. The zero-order valence-electron chi connectivity index (χ0n) is 17.7. The van der Waals surface area contributed by atoms with Gasteiger partial charge in [0.25, 0.3) is 5.91 Å². The molecule has 31 heavy (non-hydrogen) atoms. The van der Waals surface area contributed by atoms with Crippen molar-refractivity contribution in [3.63, 3.8) is 0 Å². The molecule has 0 saturated heterocycles. The molecule has 4 rings (SSSR count). The second kappa shape index (κ2) is 8.01. The van der Waals surface area contributed by atoms with Crippen molar-refractivity contribution in [1.82, 2.24) is 14.9 Å². The molecule has 1 fully saturated rings. The summed E-state index contributed by atoms with van der Waals surface area (Å²) in [4.78, 5) is 30.2. The first kappa shape index (κ1) is 20.8. The Morgan fingerprint density at radius 1 is 1.26 bits per heavy atom. The van der Waals surface area contributed by atoms with E-state index >= 15 is 0 Å². The lowest BCUT2D eigenvalue weighted by molar-refractivity contribution is 0.0442. The Bertz CT molecular complexity index is 1260. The molecule has 0 unspecified atom stereocenters. The Morgan fingerprint density at radius 3 is 2.68 bits per heavy atom. The van der Waals surface area contributed by atoms with Crippen molar-refractivity contribution in [3.8, 4) is 18.0 Å². The van der Waals surface area contributed by atoms with Crippen LogP contribution in [-0.4, -0.2) is 26.6 Å². The zero-order valence-corrected chi connectivity index (χ0v) is 17.7. The molecule has 1 aromatic carbocycles. The van der Waals surface area contributed by atoms with E-state index in [-0.39, 0.29) is 17.0 Å². The number of fused-ring (bicyclic) bond motifs is 1. The van der Waals surface area contributed by atoms with Crippen molar-refractivity contribution in [2.75, 3.05) is 0 Å². The number of rotatable bonds is 4. The third-order valence-corrected chi connectivity index (χ3v) is 5.81. The number of aliphatic hydroxyl groups is 1. The highest BCUT2D eigenvalue weighted by atomic mass is 16.3. The second-order valence-electron chi connectivity index (χ2n) is 8.33. The Kier molecular flexibility index (Phi) is 5.38. The van der Waals surface area contributed by atoms with Gasteiger partial charge in [-0.3, -0.25) is 14.2 Å². The highest BCUT2D eigenvalue weighted by Crippen LogP contribution is 2.41. The lowest BCUT2D eigenvalue weighted by Gasteiger charge is -2.26. The molecule has 2 N–H and O–H groups in total. The van der Waals surface area contributed by atoms with Crippen LogP contribution in [0.5, 0.6) is 0 Å². The lowest BCUT2D eigenvalue weighted by atomic mass is 9.87. The number of terminal acetylenes is 1. The summed E-state index contributed by atoms with van der Waals surface area (Å²) < 4.78 is 1.68. The third kappa shape index (κ3) is 3.62. The summed E-state index contributed by atoms with van der Waals surface area (Å²) in [5, 5.41) is 14.3. The van der Waals surface area contributed by atoms with E-state index in [9.17, 15) is 14.7 Å². The molecule has 0 radical (unpaired) electrons. The van der Waals surface area contributed by atoms with Crippen molar-refractivity contribution in [2.45, 2.75) is 51.2 Å². The third-order valence-electron chi connectivity index (χ3n) is 5.81. The standard InChI is InChI=1S/C25H25N3O3/c1-4-17-20(25(31)12-5-6-13-25)10-7-11-21(17)28-15-19(24(30)27-16(2)3)22(29)18-9-8-14-26-23(18)28/h1,7-11,14-16,31H,5-6,12-13H2,2-3H3,(H,27,30). The summed E-state index contributed by atoms with van der Waals surface area (Å²) in [6, 6.07) is 8.71. The molecule has 6 nitrogen and oxygen atoms in total. The number of nitrogens with zero attached hydrogens (tertiary/aromatic N) is 2. The van der Waals surface area contributed by atoms with Crippen molar-refractivity contribution in [1.29, 1.82) is 0 Å². The first-order valence-electron chi connectivity index (χ1n) is 10.5. The van der Waals surface area contributed by atoms with Crippen LogP contribution in [0.4, 0.5) is 0 Å². The van der Waals surface area contributed by atoms with Crippen LogP contribution in [0.3, 0.4) is 0 Å². The number of aromatic nitrogens is 2. The Hall–Kier alpha value is -3.43. The molecule has 0 atom stereocenters. The normalized spacial score (nSPS) is 15.2. The molecule has 1 amide bonds. The van der Waals surface area contributed by atoms with Crippen molar-refractivity contribution in [3.05, 3.63) is 69.6 Å². The van der Waals surface area contributed by atoms with E-state index in [0.29, 0.717) is 40.7 Å². The van der Waals surface area contributed by atoms with E-state index in [0.717, 1.165) is 12.8 Å². The number of hydrogen-bond acceptors (Lipinski definition) is 4. The van der Waals surface area contributed by atoms with Gasteiger partial charge in [0, 0.05) is 24.0 Å². The molecular weight excluding hydrogens is 390 g/mol. The molecule has 6 heteroatoms. The minimum Gasteiger partial charge on any atom is -0.385 e. The lowest BCUT2D eigenvalue weighted by Crippen LogP contribution is -2.34. The fourth-order valence-electron chi connectivity index (χ4n) is 4.36. The van der Waals surface area contributed by atoms with E-state index in [1.807, 2.05) is 32.0 Å². The quantitative estimate of drug-likeness (QED) is 0.641. The smallest absolute Gasteiger partial charge is 0.256 e. The molecule has 3 aromatic rings. The molecule has 0 aliphatic heterocycles. The maximum atomic E-state index is 13.0. The average molecular weight is 415 g/mol. The summed E-state index contributed by atoms with van der Waals surface area (Å²) in [5.41, 5.74) is 0.895. The maximum Gasteiger partial charge on any atom is 0.256 e. The van der Waals surface area contributed by atoms with Gasteiger partial charge in [0.15, 0.2) is 0 Å². The van der Waals surface area contributed by atoms with Gasteiger partial charge in [-0.1, -0.05) is 30.9 Å². The summed E-state index contributed by atoms with van der Waals surface area (Å²) in [5.74, 6) is 2.29. The number of nitrogens with one attached hydrogen (secondary N) is 1. The number of carbonyl (C=O) groups is 1. The van der Waals surface area contributed by atoms with Gasteiger partial charge in [0.1, 0.15) is 11.2 Å². The van der Waals surface area contributed by atoms with E-state index in [4.69, 9.17) is 6.42 Å². The summed E-state index contributed by atoms with van der Waals surface area (Å²) in [6.45, 7) is 3.67. The molecule has 0 spiro atoms. The molecule has 1 saturated carbocycles. The van der Waals surface area contributed by atoms with E-state index in [1.165, 1.54) is 6.20 Å². The first-order chi connectivity index (χ1) is 14.9. The fourth-order valence-corrected chi connectivity index (χ4v) is 4.36. The van der Waals surface area contributed by atoms with E-state index < -0.39 is 11.5 Å². The molecule has 1 aliphatic carbocycles. The predicted octanol–water partition coefficient (Wildman–Crippen LogP) is 3.27. The minimum absolute atomic E-state index is 0.0159. The minimum atomic E-state index is -0.974. The Labute approximate surface area is 180 Å². The SMILES string of the molecule is C#Cc1c(-n2cc(C(=O)NC(C)C)c(=O)c3cccnc32)cccc1C1(O)CCCC1. The van der Waals surface area contributed by atoms with Crippen LogP contribution in [0.1, 0.15) is 61.0 Å². The van der Waals surface area contributed by atoms with Crippen molar-refractivity contribution in [2.24, 2.45) is 0 Å². The van der Waals surface area contributed by atoms with Gasteiger partial charge in [-0.15, -0.1) is 6.42 Å². The fraction of sp³-hybridized carbons (Fsp3) is 0.320. The van der Waals surface area contributed by atoms with Gasteiger partial charge in [-0.2, -0.15) is 0 Å². The number of benzene rings is 1. The number of amides is 1. The van der Waals surface area contributed by atoms with Crippen LogP contribution in [-0.2, 0) is 5.60 Å². The highest BCUT2D eigenvalue weighted by Gasteiger charge is 2.35. The monoisotopic (exact) mass is 415 g/mol. The first-order valence-corrected chi connectivity index (χ1v) is 10.5. The van der Waals surface area contributed by atoms with E-state index in [2.05, 4.69) is 16.2 Å². The number of hydrogen-bond donors (Lipinski definition) is 2. The van der Waals surface area contributed by atoms with E-state index in [1.54, 1.807) is 22.9 Å². The van der Waals surface area contributed by atoms with Gasteiger partial charge < -0.3 is 10.4 Å². The Balaban J connectivity index is 2.01. The molecule has 2 aromatic heterocycles. The highest BCUT2D eigenvalue weighted by molar-refractivity contribution is 5.97. The van der Waals surface area contributed by atoms with Gasteiger partial charge in [0.2, 0.25) is 5.43 Å². The average Bonchev–Trinajstić information content (AvgIpc) is 3.20. The van der Waals surface area contributed by atoms with Crippen molar-refractivity contribution >= 4 is 16.9 Å². The van der Waals surface area contributed by atoms with Crippen LogP contribution in [0, 0.1) is 12.3 Å². The van der Waals surface area contributed by atoms with Crippen LogP contribution >= 0.6 is 0 Å². The summed E-state index contributed by atoms with van der Waals surface area (Å²) in [6.07, 6.45) is 12.2. The summed E-state index contributed by atoms with van der Waals surface area (Å²) >= 11 is 0. The van der Waals surface area contributed by atoms with Crippen molar-refractivity contribution < 1.29 is 9.90 Å². The van der Waals surface area contributed by atoms with Crippen LogP contribution in [0.15, 0.2) is 47.5 Å². The number of carbonyl (C=O) groups excluding carboxylic acids is 1. The second-order valence-corrected chi connectivity index (χ2v) is 8.33. The topological polar surface area (TPSA) is 84.2 Å². The van der Waals surface area contributed by atoms with Crippen LogP contribution in [0.25, 0.3) is 16.7 Å². The molecule has 1 aliphatic rings. The maximum absolute atomic E-state index is 13.0. The molecule has 0 bridgehead atoms. The summed E-state index contributed by atoms with van der Waals surface area (Å²) in [7, 11) is 0. The van der Waals surface area contributed by atoms with Crippen LogP contribution in [0.2, 0.25) is 0 Å². The van der Waals surface area contributed by atoms with Gasteiger partial charge in [0.05, 0.1) is 22.2 Å². The van der Waals surface area contributed by atoms with Gasteiger partial charge in [-0.25, -0.2) is 4.98 Å².